The average Bonchev–Trinajstić information content (AvgIpc) is 2.66. The molecule has 6 heteroatoms. The van der Waals surface area contributed by atoms with Gasteiger partial charge in [-0.1, -0.05) is 0 Å². The molecule has 0 saturated carbocycles. The number of hydrogen-bond acceptors (Lipinski definition) is 5. The second-order valence-corrected chi connectivity index (χ2v) is 6.22. The van der Waals surface area contributed by atoms with Crippen LogP contribution in [0.4, 0.5) is 5.69 Å². The van der Waals surface area contributed by atoms with Crippen LogP contribution in [0.25, 0.3) is 11.0 Å². The quantitative estimate of drug-likeness (QED) is 0.697. The van der Waals surface area contributed by atoms with Crippen molar-refractivity contribution in [1.82, 2.24) is 0 Å². The van der Waals surface area contributed by atoms with Crippen LogP contribution in [-0.2, 0) is 11.2 Å². The molecule has 3 aromatic rings. The highest BCUT2D eigenvalue weighted by molar-refractivity contribution is 5.93. The normalized spacial score (nSPS) is 10.7. The molecule has 0 radical (unpaired) electrons. The summed E-state index contributed by atoms with van der Waals surface area (Å²) in [5.41, 5.74) is 2.43. The van der Waals surface area contributed by atoms with Crippen molar-refractivity contribution in [3.63, 3.8) is 0 Å². The zero-order valence-corrected chi connectivity index (χ0v) is 15.7. The van der Waals surface area contributed by atoms with Gasteiger partial charge >= 0.3 is 5.63 Å². The van der Waals surface area contributed by atoms with Crippen molar-refractivity contribution in [1.29, 1.82) is 0 Å². The third-order valence-electron chi connectivity index (χ3n) is 4.59. The van der Waals surface area contributed by atoms with E-state index < -0.39 is 5.63 Å². The number of amides is 1. The smallest absolute Gasteiger partial charge is 0.340 e. The summed E-state index contributed by atoms with van der Waals surface area (Å²) in [5, 5.41) is 3.57. The molecule has 27 heavy (non-hydrogen) atoms. The van der Waals surface area contributed by atoms with Gasteiger partial charge in [-0.3, -0.25) is 4.79 Å². The summed E-state index contributed by atoms with van der Waals surface area (Å²) in [6.07, 6.45) is -0.0682. The molecule has 0 spiro atoms. The lowest BCUT2D eigenvalue weighted by atomic mass is 10.0. The summed E-state index contributed by atoms with van der Waals surface area (Å²) in [7, 11) is 3.14. The number of methoxy groups -OCH3 is 2. The number of hydrogen-bond donors (Lipinski definition) is 1. The van der Waals surface area contributed by atoms with E-state index in [0.717, 1.165) is 16.5 Å². The monoisotopic (exact) mass is 367 g/mol. The van der Waals surface area contributed by atoms with Crippen molar-refractivity contribution in [2.45, 2.75) is 20.3 Å². The summed E-state index contributed by atoms with van der Waals surface area (Å²) in [4.78, 5) is 24.9. The Bertz CT molecular complexity index is 1050. The predicted octanol–water partition coefficient (Wildman–Crippen LogP) is 3.61. The van der Waals surface area contributed by atoms with E-state index in [9.17, 15) is 9.59 Å². The van der Waals surface area contributed by atoms with Crippen molar-refractivity contribution >= 4 is 22.6 Å². The van der Waals surface area contributed by atoms with Gasteiger partial charge in [0.25, 0.3) is 0 Å². The minimum Gasteiger partial charge on any atom is -0.497 e. The molecule has 0 bridgehead atoms. The van der Waals surface area contributed by atoms with Gasteiger partial charge in [0.15, 0.2) is 0 Å². The topological polar surface area (TPSA) is 77.8 Å². The van der Waals surface area contributed by atoms with E-state index in [1.165, 1.54) is 0 Å². The van der Waals surface area contributed by atoms with E-state index >= 15 is 0 Å². The van der Waals surface area contributed by atoms with Crippen LogP contribution < -0.4 is 20.4 Å². The number of ether oxygens (including phenoxy) is 2. The van der Waals surface area contributed by atoms with Gasteiger partial charge in [-0.15, -0.1) is 0 Å². The first kappa shape index (κ1) is 18.5. The molecule has 0 fully saturated rings. The fraction of sp³-hybridized carbons (Fsp3) is 0.238. The highest BCUT2D eigenvalue weighted by Gasteiger charge is 2.17. The highest BCUT2D eigenvalue weighted by Crippen LogP contribution is 2.29. The number of nitrogens with one attached hydrogen (secondary N) is 1. The molecule has 140 valence electrons. The lowest BCUT2D eigenvalue weighted by Gasteiger charge is -2.12. The SMILES string of the molecule is COc1ccc(NC(=O)Cc2c(C)c3ccc(OC)c(C)c3oc2=O)cc1. The Labute approximate surface area is 156 Å². The van der Waals surface area contributed by atoms with Crippen molar-refractivity contribution < 1.29 is 18.7 Å². The fourth-order valence-electron chi connectivity index (χ4n) is 3.04. The van der Waals surface area contributed by atoms with Gasteiger partial charge in [0.1, 0.15) is 17.1 Å². The van der Waals surface area contributed by atoms with Crippen LogP contribution in [0.1, 0.15) is 16.7 Å². The second-order valence-electron chi connectivity index (χ2n) is 6.22. The van der Waals surface area contributed by atoms with Crippen LogP contribution in [0.3, 0.4) is 0 Å². The average molecular weight is 367 g/mol. The number of benzene rings is 2. The van der Waals surface area contributed by atoms with Crippen LogP contribution in [0.2, 0.25) is 0 Å². The number of aryl methyl sites for hydroxylation is 2. The molecule has 1 amide bonds. The van der Waals surface area contributed by atoms with E-state index in [4.69, 9.17) is 13.9 Å². The lowest BCUT2D eigenvalue weighted by molar-refractivity contribution is -0.115. The number of anilines is 1. The summed E-state index contributed by atoms with van der Waals surface area (Å²) in [6.45, 7) is 3.65. The summed E-state index contributed by atoms with van der Waals surface area (Å²) in [5.74, 6) is 1.06. The van der Waals surface area contributed by atoms with Gasteiger partial charge in [0.05, 0.1) is 26.2 Å². The molecule has 0 unspecified atom stereocenters. The Hall–Kier alpha value is -3.28. The Morgan fingerprint density at radius 1 is 1.00 bits per heavy atom. The van der Waals surface area contributed by atoms with Crippen LogP contribution in [0.5, 0.6) is 11.5 Å². The maximum absolute atomic E-state index is 12.5. The molecular weight excluding hydrogens is 346 g/mol. The first-order chi connectivity index (χ1) is 12.9. The minimum absolute atomic E-state index is 0.0682. The van der Waals surface area contributed by atoms with E-state index in [0.29, 0.717) is 28.3 Å². The van der Waals surface area contributed by atoms with Crippen LogP contribution >= 0.6 is 0 Å². The standard InChI is InChI=1S/C21H21NO5/c1-12-16-9-10-18(26-4)13(2)20(16)27-21(24)17(12)11-19(23)22-14-5-7-15(25-3)8-6-14/h5-10H,11H2,1-4H3,(H,22,23). The Balaban J connectivity index is 1.90. The van der Waals surface area contributed by atoms with Crippen LogP contribution in [-0.4, -0.2) is 20.1 Å². The molecule has 1 heterocycles. The molecule has 0 saturated heterocycles. The molecule has 1 N–H and O–H groups in total. The zero-order valence-electron chi connectivity index (χ0n) is 15.7. The summed E-state index contributed by atoms with van der Waals surface area (Å²) in [6, 6.07) is 10.6. The maximum Gasteiger partial charge on any atom is 0.340 e. The van der Waals surface area contributed by atoms with E-state index in [2.05, 4.69) is 5.32 Å². The molecule has 3 rings (SSSR count). The Morgan fingerprint density at radius 3 is 2.33 bits per heavy atom. The lowest BCUT2D eigenvalue weighted by Crippen LogP contribution is -2.20. The number of rotatable bonds is 5. The first-order valence-corrected chi connectivity index (χ1v) is 8.48. The van der Waals surface area contributed by atoms with Gasteiger partial charge in [-0.25, -0.2) is 4.79 Å². The van der Waals surface area contributed by atoms with Gasteiger partial charge in [-0.05, 0) is 55.8 Å². The van der Waals surface area contributed by atoms with Gasteiger partial charge in [0, 0.05) is 16.6 Å². The molecule has 0 aliphatic rings. The van der Waals surface area contributed by atoms with Crippen LogP contribution in [0.15, 0.2) is 45.6 Å². The zero-order chi connectivity index (χ0) is 19.6. The van der Waals surface area contributed by atoms with E-state index in [-0.39, 0.29) is 12.3 Å². The molecule has 6 nitrogen and oxygen atoms in total. The Morgan fingerprint density at radius 2 is 1.70 bits per heavy atom. The molecule has 0 aliphatic carbocycles. The van der Waals surface area contributed by atoms with E-state index in [1.807, 2.05) is 26.0 Å². The van der Waals surface area contributed by atoms with Crippen molar-refractivity contribution in [3.8, 4) is 11.5 Å². The van der Waals surface area contributed by atoms with Crippen molar-refractivity contribution in [2.24, 2.45) is 0 Å². The van der Waals surface area contributed by atoms with E-state index in [1.54, 1.807) is 38.5 Å². The predicted molar refractivity (Wildman–Crippen MR) is 104 cm³/mol. The molecule has 0 atom stereocenters. The molecule has 0 aliphatic heterocycles. The number of fused-ring (bicyclic) bond motifs is 1. The molecular formula is C21H21NO5. The second kappa shape index (κ2) is 7.53. The van der Waals surface area contributed by atoms with Gasteiger partial charge < -0.3 is 19.2 Å². The van der Waals surface area contributed by atoms with Gasteiger partial charge in [-0.2, -0.15) is 0 Å². The van der Waals surface area contributed by atoms with Gasteiger partial charge in [0.2, 0.25) is 5.91 Å². The summed E-state index contributed by atoms with van der Waals surface area (Å²) < 4.78 is 15.9. The summed E-state index contributed by atoms with van der Waals surface area (Å²) >= 11 is 0. The third-order valence-corrected chi connectivity index (χ3v) is 4.59. The number of carbonyl (C=O) groups excluding carboxylic acids is 1. The third kappa shape index (κ3) is 3.65. The highest BCUT2D eigenvalue weighted by atomic mass is 16.5. The molecule has 1 aromatic heterocycles. The fourth-order valence-corrected chi connectivity index (χ4v) is 3.04. The van der Waals surface area contributed by atoms with Crippen molar-refractivity contribution in [3.05, 3.63) is 63.5 Å². The van der Waals surface area contributed by atoms with Crippen molar-refractivity contribution in [2.75, 3.05) is 19.5 Å². The van der Waals surface area contributed by atoms with Crippen LogP contribution in [0, 0.1) is 13.8 Å². The maximum atomic E-state index is 12.5. The minimum atomic E-state index is -0.513. The molecule has 2 aromatic carbocycles. The first-order valence-electron chi connectivity index (χ1n) is 8.48. The number of carbonyl (C=O) groups is 1. The Kier molecular flexibility index (Phi) is 5.16. The largest absolute Gasteiger partial charge is 0.497 e.